The molecule has 0 bridgehead atoms. The predicted molar refractivity (Wildman–Crippen MR) is 358 cm³/mol. The van der Waals surface area contributed by atoms with Crippen molar-refractivity contribution in [3.05, 3.63) is 85.1 Å². The highest BCUT2D eigenvalue weighted by molar-refractivity contribution is 5.71. The zero-order valence-corrected chi connectivity index (χ0v) is 54.5. The van der Waals surface area contributed by atoms with Crippen LogP contribution in [0.4, 0.5) is 0 Å². The van der Waals surface area contributed by atoms with Crippen LogP contribution in [-0.2, 0) is 28.6 Å². The molecule has 0 saturated heterocycles. The quantitative estimate of drug-likeness (QED) is 0.0261. The van der Waals surface area contributed by atoms with Crippen molar-refractivity contribution in [2.24, 2.45) is 0 Å². The summed E-state index contributed by atoms with van der Waals surface area (Å²) in [6, 6.07) is 0. The number of hydrogen-bond acceptors (Lipinski definition) is 6. The number of allylic oxidation sites excluding steroid dienone is 14. The second-order valence-electron chi connectivity index (χ2n) is 23.8. The summed E-state index contributed by atoms with van der Waals surface area (Å²) in [6.07, 6.45) is 93.4. The van der Waals surface area contributed by atoms with Crippen molar-refractivity contribution in [1.29, 1.82) is 0 Å². The molecule has 0 radical (unpaired) electrons. The fraction of sp³-hybridized carbons (Fsp3) is 0.776. The first-order chi connectivity index (χ1) is 40.5. The van der Waals surface area contributed by atoms with Gasteiger partial charge < -0.3 is 14.2 Å². The van der Waals surface area contributed by atoms with Gasteiger partial charge in [-0.3, -0.25) is 14.4 Å². The van der Waals surface area contributed by atoms with Crippen molar-refractivity contribution in [3.63, 3.8) is 0 Å². The lowest BCUT2D eigenvalue weighted by Gasteiger charge is -2.18. The predicted octanol–water partition coefficient (Wildman–Crippen LogP) is 24.6. The molecule has 0 aromatic carbocycles. The van der Waals surface area contributed by atoms with Gasteiger partial charge in [0.25, 0.3) is 0 Å². The number of rotatable bonds is 65. The van der Waals surface area contributed by atoms with Gasteiger partial charge in [-0.15, -0.1) is 0 Å². The van der Waals surface area contributed by atoms with Crippen LogP contribution in [-0.4, -0.2) is 37.2 Å². The number of carbonyl (C=O) groups is 3. The van der Waals surface area contributed by atoms with Crippen LogP contribution < -0.4 is 0 Å². The molecule has 0 aromatic rings. The minimum atomic E-state index is -0.808. The first-order valence-corrected chi connectivity index (χ1v) is 35.6. The first-order valence-electron chi connectivity index (χ1n) is 35.6. The fourth-order valence-electron chi connectivity index (χ4n) is 10.4. The minimum absolute atomic E-state index is 0.0962. The maximum atomic E-state index is 13.0. The van der Waals surface area contributed by atoms with E-state index in [0.717, 1.165) is 77.0 Å². The van der Waals surface area contributed by atoms with Gasteiger partial charge >= 0.3 is 17.9 Å². The molecule has 0 saturated carbocycles. The van der Waals surface area contributed by atoms with E-state index in [1.165, 1.54) is 238 Å². The smallest absolute Gasteiger partial charge is 0.306 e. The Kier molecular flexibility index (Phi) is 67.2. The molecule has 0 N–H and O–H groups in total. The van der Waals surface area contributed by atoms with Crippen molar-refractivity contribution in [2.45, 2.75) is 367 Å². The monoisotopic (exact) mass is 1140 g/mol. The van der Waals surface area contributed by atoms with Crippen LogP contribution in [0.3, 0.4) is 0 Å². The number of carbonyl (C=O) groups excluding carboxylic acids is 3. The summed E-state index contributed by atoms with van der Waals surface area (Å²) in [5.74, 6) is -0.963. The summed E-state index contributed by atoms with van der Waals surface area (Å²) in [7, 11) is 0. The lowest BCUT2D eigenvalue weighted by molar-refractivity contribution is -0.166. The topological polar surface area (TPSA) is 78.9 Å². The van der Waals surface area contributed by atoms with Gasteiger partial charge in [0.05, 0.1) is 0 Å². The van der Waals surface area contributed by atoms with E-state index >= 15 is 0 Å². The summed E-state index contributed by atoms with van der Waals surface area (Å²) in [5, 5.41) is 0. The third-order valence-electron chi connectivity index (χ3n) is 15.6. The minimum Gasteiger partial charge on any atom is -0.462 e. The van der Waals surface area contributed by atoms with Crippen LogP contribution in [0.15, 0.2) is 85.1 Å². The molecule has 1 unspecified atom stereocenters. The van der Waals surface area contributed by atoms with E-state index in [0.29, 0.717) is 19.3 Å². The molecule has 0 aromatic heterocycles. The molecule has 0 spiro atoms. The average molecular weight is 1140 g/mol. The SMILES string of the molecule is CC/C=C\C/C=C\C/C=C\C/C=C\C/C=C\C/C=C\CCC(=O)OCC(COC(=O)CCCCCCCCCCCCCCC/C=C\CCCCCCCCCC)OC(=O)CCCCCCCCCCCCCCCCCCCCCC. The van der Waals surface area contributed by atoms with Gasteiger partial charge in [0, 0.05) is 19.3 Å². The van der Waals surface area contributed by atoms with Gasteiger partial charge in [0.1, 0.15) is 13.2 Å². The van der Waals surface area contributed by atoms with Gasteiger partial charge in [-0.2, -0.15) is 0 Å². The molecule has 0 amide bonds. The lowest BCUT2D eigenvalue weighted by atomic mass is 10.0. The molecule has 0 aliphatic heterocycles. The molecule has 0 rings (SSSR count). The van der Waals surface area contributed by atoms with E-state index in [2.05, 4.69) is 99.8 Å². The van der Waals surface area contributed by atoms with E-state index in [9.17, 15) is 14.4 Å². The highest BCUT2D eigenvalue weighted by Gasteiger charge is 2.19. The number of esters is 3. The Morgan fingerprint density at radius 2 is 0.500 bits per heavy atom. The van der Waals surface area contributed by atoms with Gasteiger partial charge in [0.2, 0.25) is 0 Å². The highest BCUT2D eigenvalue weighted by atomic mass is 16.6. The van der Waals surface area contributed by atoms with Crippen LogP contribution in [0.2, 0.25) is 0 Å². The summed E-state index contributed by atoms with van der Waals surface area (Å²) < 4.78 is 16.9. The Bertz CT molecular complexity index is 1550. The van der Waals surface area contributed by atoms with Crippen LogP contribution in [0, 0.1) is 0 Å². The van der Waals surface area contributed by atoms with Crippen molar-refractivity contribution in [3.8, 4) is 0 Å². The molecule has 82 heavy (non-hydrogen) atoms. The summed E-state index contributed by atoms with van der Waals surface area (Å²) in [6.45, 7) is 6.52. The second-order valence-corrected chi connectivity index (χ2v) is 23.8. The summed E-state index contributed by atoms with van der Waals surface area (Å²) in [5.41, 5.74) is 0. The molecule has 474 valence electrons. The van der Waals surface area contributed by atoms with Gasteiger partial charge in [0.15, 0.2) is 6.10 Å². The Morgan fingerprint density at radius 1 is 0.256 bits per heavy atom. The van der Waals surface area contributed by atoms with Crippen LogP contribution >= 0.6 is 0 Å². The zero-order chi connectivity index (χ0) is 59.2. The van der Waals surface area contributed by atoms with E-state index in [-0.39, 0.29) is 37.5 Å². The number of unbranched alkanes of at least 4 members (excludes halogenated alkanes) is 40. The molecular formula is C76H134O6. The zero-order valence-electron chi connectivity index (χ0n) is 54.5. The molecule has 0 heterocycles. The normalized spacial score (nSPS) is 12.6. The van der Waals surface area contributed by atoms with Gasteiger partial charge in [-0.1, -0.05) is 343 Å². The van der Waals surface area contributed by atoms with E-state index < -0.39 is 6.10 Å². The Labute approximate surface area is 509 Å². The number of ether oxygens (including phenoxy) is 3. The summed E-state index contributed by atoms with van der Waals surface area (Å²) >= 11 is 0. The molecule has 0 aliphatic rings. The maximum Gasteiger partial charge on any atom is 0.306 e. The Morgan fingerprint density at radius 3 is 0.817 bits per heavy atom. The average Bonchev–Trinajstić information content (AvgIpc) is 3.47. The highest BCUT2D eigenvalue weighted by Crippen LogP contribution is 2.18. The summed E-state index contributed by atoms with van der Waals surface area (Å²) in [4.78, 5) is 38.4. The fourth-order valence-corrected chi connectivity index (χ4v) is 10.4. The van der Waals surface area contributed by atoms with Crippen LogP contribution in [0.5, 0.6) is 0 Å². The largest absolute Gasteiger partial charge is 0.462 e. The molecule has 0 aliphatic carbocycles. The van der Waals surface area contributed by atoms with E-state index in [4.69, 9.17) is 14.2 Å². The second kappa shape index (κ2) is 70.1. The van der Waals surface area contributed by atoms with Crippen molar-refractivity contribution in [2.75, 3.05) is 13.2 Å². The molecule has 1 atom stereocenters. The van der Waals surface area contributed by atoms with Crippen LogP contribution in [0.1, 0.15) is 361 Å². The molecule has 0 fully saturated rings. The number of hydrogen-bond donors (Lipinski definition) is 0. The van der Waals surface area contributed by atoms with Gasteiger partial charge in [-0.05, 0) is 83.5 Å². The van der Waals surface area contributed by atoms with Crippen molar-refractivity contribution < 1.29 is 28.6 Å². The lowest BCUT2D eigenvalue weighted by Crippen LogP contribution is -2.30. The van der Waals surface area contributed by atoms with E-state index in [1.807, 2.05) is 6.08 Å². The molecule has 6 nitrogen and oxygen atoms in total. The first kappa shape index (κ1) is 78.6. The third-order valence-corrected chi connectivity index (χ3v) is 15.6. The maximum absolute atomic E-state index is 13.0. The van der Waals surface area contributed by atoms with E-state index in [1.54, 1.807) is 0 Å². The molecular weight excluding hydrogens is 1010 g/mol. The molecule has 6 heteroatoms. The Balaban J connectivity index is 4.39. The van der Waals surface area contributed by atoms with Crippen LogP contribution in [0.25, 0.3) is 0 Å². The Hall–Kier alpha value is -3.41. The van der Waals surface area contributed by atoms with Crippen molar-refractivity contribution in [1.82, 2.24) is 0 Å². The third kappa shape index (κ3) is 67.4. The van der Waals surface area contributed by atoms with Crippen molar-refractivity contribution >= 4 is 17.9 Å². The van der Waals surface area contributed by atoms with Gasteiger partial charge in [-0.25, -0.2) is 0 Å². The standard InChI is InChI=1S/C76H134O6/c1-4-7-10-13-16-19-22-25-28-31-34-36-37-38-39-40-43-45-48-51-54-57-60-63-66-69-75(78)81-72-73(71-80-74(77)68-65-62-59-56-53-50-47-44-41-33-30-27-24-21-18-15-12-9-6-3)82-76(79)70-67-64-61-58-55-52-49-46-42-35-32-29-26-23-20-17-14-11-8-5-2/h9,12,18,21,27,30-31,34,41,44,50,53,59,62,73H,4-8,10-11,13-17,19-20,22-26,28-29,32-33,35-40,42-43,45-49,51-52,54-58,60-61,63-72H2,1-3H3/b12-9-,21-18-,30-27-,34-31-,44-41-,53-50-,62-59-.